The molecule has 82 valence electrons. The fourth-order valence-electron chi connectivity index (χ4n) is 1.47. The Morgan fingerprint density at radius 1 is 1.40 bits per heavy atom. The predicted octanol–water partition coefficient (Wildman–Crippen LogP) is 1.33. The summed E-state index contributed by atoms with van der Waals surface area (Å²) in [5, 5.41) is 0. The van der Waals surface area contributed by atoms with Crippen LogP contribution in [-0.4, -0.2) is 30.9 Å². The van der Waals surface area contributed by atoms with Gasteiger partial charge in [-0.15, -0.1) is 0 Å². The molecule has 0 aliphatic carbocycles. The van der Waals surface area contributed by atoms with Crippen LogP contribution in [0.5, 0.6) is 0 Å². The second-order valence-electron chi connectivity index (χ2n) is 3.83. The Balaban J connectivity index is 2.95. The number of nitrogens with two attached hydrogens (primary N) is 1. The first-order valence-electron chi connectivity index (χ1n) is 5.09. The number of amides is 1. The van der Waals surface area contributed by atoms with Gasteiger partial charge in [-0.05, 0) is 25.5 Å². The summed E-state index contributed by atoms with van der Waals surface area (Å²) in [4.78, 5) is 13.6. The third kappa shape index (κ3) is 2.80. The number of hydrogen-bond acceptors (Lipinski definition) is 2. The average Bonchev–Trinajstić information content (AvgIpc) is 2.21. The Hall–Kier alpha value is -1.35. The van der Waals surface area contributed by atoms with Crippen LogP contribution < -0.4 is 5.73 Å². The van der Waals surface area contributed by atoms with E-state index in [1.165, 1.54) is 0 Å². The molecule has 0 unspecified atom stereocenters. The molecule has 1 amide bonds. The average molecular weight is 206 g/mol. The molecule has 2 N–H and O–H groups in total. The summed E-state index contributed by atoms with van der Waals surface area (Å²) in [6, 6.07) is 5.90. The van der Waals surface area contributed by atoms with E-state index in [1.54, 1.807) is 11.9 Å². The SMILES string of the molecule is Cc1ccc(C)c(C(=O)N(C)CCN)c1. The molecule has 0 spiro atoms. The largest absolute Gasteiger partial charge is 0.340 e. The van der Waals surface area contributed by atoms with Crippen molar-refractivity contribution in [3.63, 3.8) is 0 Å². The Labute approximate surface area is 90.9 Å². The van der Waals surface area contributed by atoms with Gasteiger partial charge in [-0.3, -0.25) is 4.79 Å². The van der Waals surface area contributed by atoms with Crippen LogP contribution in [0.25, 0.3) is 0 Å². The topological polar surface area (TPSA) is 46.3 Å². The van der Waals surface area contributed by atoms with Crippen molar-refractivity contribution >= 4 is 5.91 Å². The van der Waals surface area contributed by atoms with E-state index in [2.05, 4.69) is 0 Å². The molecule has 0 aromatic heterocycles. The molecule has 0 saturated carbocycles. The van der Waals surface area contributed by atoms with Gasteiger partial charge in [-0.2, -0.15) is 0 Å². The summed E-state index contributed by atoms with van der Waals surface area (Å²) < 4.78 is 0. The van der Waals surface area contributed by atoms with Crippen molar-refractivity contribution in [2.75, 3.05) is 20.1 Å². The molecule has 1 aromatic carbocycles. The zero-order valence-electron chi connectivity index (χ0n) is 9.58. The molecular weight excluding hydrogens is 188 g/mol. The monoisotopic (exact) mass is 206 g/mol. The van der Waals surface area contributed by atoms with Crippen LogP contribution in [0, 0.1) is 13.8 Å². The third-order valence-electron chi connectivity index (χ3n) is 2.43. The number of rotatable bonds is 3. The van der Waals surface area contributed by atoms with E-state index >= 15 is 0 Å². The Morgan fingerprint density at radius 2 is 2.07 bits per heavy atom. The molecule has 0 aliphatic heterocycles. The van der Waals surface area contributed by atoms with Gasteiger partial charge in [0.25, 0.3) is 5.91 Å². The minimum atomic E-state index is 0.0432. The molecule has 0 heterocycles. The van der Waals surface area contributed by atoms with E-state index in [0.29, 0.717) is 13.1 Å². The lowest BCUT2D eigenvalue weighted by molar-refractivity contribution is 0.0798. The van der Waals surface area contributed by atoms with Gasteiger partial charge in [0.15, 0.2) is 0 Å². The highest BCUT2D eigenvalue weighted by Gasteiger charge is 2.13. The summed E-state index contributed by atoms with van der Waals surface area (Å²) >= 11 is 0. The molecule has 0 atom stereocenters. The zero-order valence-corrected chi connectivity index (χ0v) is 9.58. The summed E-state index contributed by atoms with van der Waals surface area (Å²) in [7, 11) is 1.77. The van der Waals surface area contributed by atoms with Gasteiger partial charge < -0.3 is 10.6 Å². The first kappa shape index (κ1) is 11.7. The van der Waals surface area contributed by atoms with Crippen molar-refractivity contribution in [3.8, 4) is 0 Å². The Bertz CT molecular complexity index is 361. The lowest BCUT2D eigenvalue weighted by atomic mass is 10.0. The molecule has 1 rings (SSSR count). The number of nitrogens with zero attached hydrogens (tertiary/aromatic N) is 1. The summed E-state index contributed by atoms with van der Waals surface area (Å²) in [5.41, 5.74) is 8.30. The number of aryl methyl sites for hydroxylation is 2. The fraction of sp³-hybridized carbons (Fsp3) is 0.417. The van der Waals surface area contributed by atoms with E-state index in [4.69, 9.17) is 5.73 Å². The maximum atomic E-state index is 12.0. The van der Waals surface area contributed by atoms with E-state index < -0.39 is 0 Å². The van der Waals surface area contributed by atoms with Crippen LogP contribution in [0.1, 0.15) is 21.5 Å². The van der Waals surface area contributed by atoms with E-state index in [0.717, 1.165) is 16.7 Å². The number of benzene rings is 1. The molecule has 3 nitrogen and oxygen atoms in total. The minimum absolute atomic E-state index is 0.0432. The number of carbonyl (C=O) groups is 1. The lowest BCUT2D eigenvalue weighted by Gasteiger charge is -2.17. The molecule has 1 aromatic rings. The van der Waals surface area contributed by atoms with Crippen LogP contribution in [0.15, 0.2) is 18.2 Å². The van der Waals surface area contributed by atoms with Crippen molar-refractivity contribution in [1.29, 1.82) is 0 Å². The fourth-order valence-corrected chi connectivity index (χ4v) is 1.47. The lowest BCUT2D eigenvalue weighted by Crippen LogP contribution is -2.32. The molecule has 0 aliphatic rings. The summed E-state index contributed by atoms with van der Waals surface area (Å²) in [5.74, 6) is 0.0432. The van der Waals surface area contributed by atoms with Gasteiger partial charge in [-0.1, -0.05) is 17.7 Å². The zero-order chi connectivity index (χ0) is 11.4. The molecule has 15 heavy (non-hydrogen) atoms. The van der Waals surface area contributed by atoms with Gasteiger partial charge in [0.2, 0.25) is 0 Å². The van der Waals surface area contributed by atoms with Gasteiger partial charge >= 0.3 is 0 Å². The number of hydrogen-bond donors (Lipinski definition) is 1. The molecule has 0 bridgehead atoms. The molecular formula is C12H18N2O. The number of likely N-dealkylation sites (N-methyl/N-ethyl adjacent to an activating group) is 1. The first-order chi connectivity index (χ1) is 7.06. The molecule has 0 saturated heterocycles. The number of carbonyl (C=O) groups excluding carboxylic acids is 1. The van der Waals surface area contributed by atoms with Crippen molar-refractivity contribution in [3.05, 3.63) is 34.9 Å². The van der Waals surface area contributed by atoms with Crippen molar-refractivity contribution in [2.45, 2.75) is 13.8 Å². The van der Waals surface area contributed by atoms with E-state index in [-0.39, 0.29) is 5.91 Å². The maximum absolute atomic E-state index is 12.0. The van der Waals surface area contributed by atoms with Crippen LogP contribution >= 0.6 is 0 Å². The van der Waals surface area contributed by atoms with Crippen LogP contribution in [0.4, 0.5) is 0 Å². The third-order valence-corrected chi connectivity index (χ3v) is 2.43. The standard InChI is InChI=1S/C12H18N2O/c1-9-4-5-10(2)11(8-9)12(15)14(3)7-6-13/h4-5,8H,6-7,13H2,1-3H3. The normalized spacial score (nSPS) is 10.1. The van der Waals surface area contributed by atoms with Crippen molar-refractivity contribution in [1.82, 2.24) is 4.90 Å². The highest BCUT2D eigenvalue weighted by Crippen LogP contribution is 2.12. The van der Waals surface area contributed by atoms with Crippen molar-refractivity contribution in [2.24, 2.45) is 5.73 Å². The highest BCUT2D eigenvalue weighted by molar-refractivity contribution is 5.95. The first-order valence-corrected chi connectivity index (χ1v) is 5.09. The smallest absolute Gasteiger partial charge is 0.253 e. The highest BCUT2D eigenvalue weighted by atomic mass is 16.2. The van der Waals surface area contributed by atoms with Gasteiger partial charge in [-0.25, -0.2) is 0 Å². The second-order valence-corrected chi connectivity index (χ2v) is 3.83. The van der Waals surface area contributed by atoms with E-state index in [1.807, 2.05) is 32.0 Å². The predicted molar refractivity (Wildman–Crippen MR) is 61.9 cm³/mol. The molecule has 0 fully saturated rings. The van der Waals surface area contributed by atoms with Gasteiger partial charge in [0.05, 0.1) is 0 Å². The van der Waals surface area contributed by atoms with Crippen LogP contribution in [0.3, 0.4) is 0 Å². The van der Waals surface area contributed by atoms with Crippen molar-refractivity contribution < 1.29 is 4.79 Å². The Kier molecular flexibility index (Phi) is 3.86. The summed E-state index contributed by atoms with van der Waals surface area (Å²) in [6.07, 6.45) is 0. The summed E-state index contributed by atoms with van der Waals surface area (Å²) in [6.45, 7) is 5.02. The minimum Gasteiger partial charge on any atom is -0.340 e. The quantitative estimate of drug-likeness (QED) is 0.811. The van der Waals surface area contributed by atoms with E-state index in [9.17, 15) is 4.79 Å². The maximum Gasteiger partial charge on any atom is 0.253 e. The Morgan fingerprint density at radius 3 is 2.67 bits per heavy atom. The van der Waals surface area contributed by atoms with Gasteiger partial charge in [0, 0.05) is 25.7 Å². The van der Waals surface area contributed by atoms with Crippen LogP contribution in [0.2, 0.25) is 0 Å². The molecule has 3 heteroatoms. The second kappa shape index (κ2) is 4.94. The molecule has 0 radical (unpaired) electrons. The van der Waals surface area contributed by atoms with Crippen LogP contribution in [-0.2, 0) is 0 Å². The van der Waals surface area contributed by atoms with Gasteiger partial charge in [0.1, 0.15) is 0 Å².